The molecule has 0 aliphatic carbocycles. The molecule has 0 aromatic carbocycles. The summed E-state index contributed by atoms with van der Waals surface area (Å²) >= 11 is 0. The van der Waals surface area contributed by atoms with Crippen molar-refractivity contribution in [3.63, 3.8) is 0 Å². The van der Waals surface area contributed by atoms with E-state index in [-0.39, 0.29) is 17.7 Å². The number of piperidine rings is 1. The predicted octanol–water partition coefficient (Wildman–Crippen LogP) is -0.514. The minimum atomic E-state index is -0.107. The maximum Gasteiger partial charge on any atom is 0.245 e. The summed E-state index contributed by atoms with van der Waals surface area (Å²) < 4.78 is 0. The Morgan fingerprint density at radius 1 is 1.56 bits per heavy atom. The van der Waals surface area contributed by atoms with E-state index >= 15 is 0 Å². The zero-order valence-corrected chi connectivity index (χ0v) is 9.45. The Kier molecular flexibility index (Phi) is 4.98. The van der Waals surface area contributed by atoms with E-state index in [9.17, 15) is 9.59 Å². The van der Waals surface area contributed by atoms with Crippen molar-refractivity contribution in [2.24, 2.45) is 11.7 Å². The van der Waals surface area contributed by atoms with Crippen molar-refractivity contribution < 1.29 is 9.59 Å². The summed E-state index contributed by atoms with van der Waals surface area (Å²) in [4.78, 5) is 24.8. The van der Waals surface area contributed by atoms with Crippen LogP contribution in [0.2, 0.25) is 0 Å². The van der Waals surface area contributed by atoms with Crippen LogP contribution in [0.3, 0.4) is 0 Å². The molecule has 1 saturated heterocycles. The molecule has 3 N–H and O–H groups in total. The minimum absolute atomic E-state index is 0.00740. The van der Waals surface area contributed by atoms with Gasteiger partial charge in [-0.15, -0.1) is 0 Å². The van der Waals surface area contributed by atoms with Gasteiger partial charge in [-0.2, -0.15) is 0 Å². The first kappa shape index (κ1) is 12.7. The fraction of sp³-hybridized carbons (Fsp3) is 0.636. The van der Waals surface area contributed by atoms with Gasteiger partial charge in [0.2, 0.25) is 11.8 Å². The highest BCUT2D eigenvalue weighted by molar-refractivity contribution is 5.88. The van der Waals surface area contributed by atoms with Crippen LogP contribution < -0.4 is 11.1 Å². The summed E-state index contributed by atoms with van der Waals surface area (Å²) in [5.41, 5.74) is 5.31. The van der Waals surface area contributed by atoms with Gasteiger partial charge in [-0.05, 0) is 18.9 Å². The van der Waals surface area contributed by atoms with Crippen molar-refractivity contribution in [3.05, 3.63) is 12.7 Å². The SMILES string of the molecule is C=CC(=O)N1CCCC(C(=O)NCCN)C1. The van der Waals surface area contributed by atoms with Gasteiger partial charge < -0.3 is 16.0 Å². The number of nitrogens with zero attached hydrogens (tertiary/aromatic N) is 1. The molecule has 0 bridgehead atoms. The average molecular weight is 225 g/mol. The van der Waals surface area contributed by atoms with E-state index in [4.69, 9.17) is 5.73 Å². The molecule has 2 amide bonds. The fourth-order valence-electron chi connectivity index (χ4n) is 1.86. The highest BCUT2D eigenvalue weighted by atomic mass is 16.2. The molecule has 0 radical (unpaired) electrons. The van der Waals surface area contributed by atoms with Crippen LogP contribution in [-0.2, 0) is 9.59 Å². The van der Waals surface area contributed by atoms with Crippen molar-refractivity contribution >= 4 is 11.8 Å². The molecule has 0 aromatic heterocycles. The van der Waals surface area contributed by atoms with E-state index in [0.29, 0.717) is 26.2 Å². The van der Waals surface area contributed by atoms with Crippen LogP contribution in [0.15, 0.2) is 12.7 Å². The maximum atomic E-state index is 11.7. The van der Waals surface area contributed by atoms with Gasteiger partial charge in [0.25, 0.3) is 0 Å². The average Bonchev–Trinajstić information content (AvgIpc) is 2.35. The molecular weight excluding hydrogens is 206 g/mol. The second-order valence-electron chi connectivity index (χ2n) is 3.91. The van der Waals surface area contributed by atoms with Crippen LogP contribution in [0.4, 0.5) is 0 Å². The highest BCUT2D eigenvalue weighted by Gasteiger charge is 2.26. The molecular formula is C11H19N3O2. The molecule has 1 fully saturated rings. The summed E-state index contributed by atoms with van der Waals surface area (Å²) in [5, 5.41) is 2.75. The first-order valence-electron chi connectivity index (χ1n) is 5.58. The van der Waals surface area contributed by atoms with E-state index in [1.807, 2.05) is 0 Å². The number of nitrogens with one attached hydrogen (secondary N) is 1. The molecule has 1 atom stereocenters. The van der Waals surface area contributed by atoms with Crippen LogP contribution in [0.25, 0.3) is 0 Å². The smallest absolute Gasteiger partial charge is 0.245 e. The van der Waals surface area contributed by atoms with Crippen molar-refractivity contribution in [3.8, 4) is 0 Å². The number of likely N-dealkylation sites (tertiary alicyclic amines) is 1. The number of hydrogen-bond donors (Lipinski definition) is 2. The van der Waals surface area contributed by atoms with Crippen molar-refractivity contribution in [1.29, 1.82) is 0 Å². The predicted molar refractivity (Wildman–Crippen MR) is 61.6 cm³/mol. The Hall–Kier alpha value is -1.36. The van der Waals surface area contributed by atoms with Gasteiger partial charge in [-0.3, -0.25) is 9.59 Å². The lowest BCUT2D eigenvalue weighted by molar-refractivity contribution is -0.132. The Morgan fingerprint density at radius 2 is 2.31 bits per heavy atom. The number of hydrogen-bond acceptors (Lipinski definition) is 3. The van der Waals surface area contributed by atoms with Crippen molar-refractivity contribution in [2.45, 2.75) is 12.8 Å². The monoisotopic (exact) mass is 225 g/mol. The number of amides is 2. The summed E-state index contributed by atoms with van der Waals surface area (Å²) in [5.74, 6) is -0.215. The number of rotatable bonds is 4. The van der Waals surface area contributed by atoms with E-state index in [0.717, 1.165) is 12.8 Å². The number of carbonyl (C=O) groups excluding carboxylic acids is 2. The second kappa shape index (κ2) is 6.27. The van der Waals surface area contributed by atoms with E-state index < -0.39 is 0 Å². The zero-order chi connectivity index (χ0) is 12.0. The molecule has 0 aromatic rings. The summed E-state index contributed by atoms with van der Waals surface area (Å²) in [6, 6.07) is 0. The minimum Gasteiger partial charge on any atom is -0.355 e. The second-order valence-corrected chi connectivity index (χ2v) is 3.91. The molecule has 5 nitrogen and oxygen atoms in total. The van der Waals surface area contributed by atoms with Gasteiger partial charge in [-0.25, -0.2) is 0 Å². The zero-order valence-electron chi connectivity index (χ0n) is 9.45. The van der Waals surface area contributed by atoms with Crippen LogP contribution in [-0.4, -0.2) is 42.9 Å². The van der Waals surface area contributed by atoms with E-state index in [1.54, 1.807) is 4.90 Å². The van der Waals surface area contributed by atoms with Gasteiger partial charge in [0.05, 0.1) is 5.92 Å². The first-order chi connectivity index (χ1) is 7.69. The number of carbonyl (C=O) groups is 2. The van der Waals surface area contributed by atoms with Crippen molar-refractivity contribution in [1.82, 2.24) is 10.2 Å². The topological polar surface area (TPSA) is 75.4 Å². The third kappa shape index (κ3) is 3.34. The summed E-state index contributed by atoms with van der Waals surface area (Å²) in [7, 11) is 0. The Balaban J connectivity index is 2.46. The molecule has 90 valence electrons. The lowest BCUT2D eigenvalue weighted by Gasteiger charge is -2.31. The van der Waals surface area contributed by atoms with Gasteiger partial charge in [-0.1, -0.05) is 6.58 Å². The highest BCUT2D eigenvalue weighted by Crippen LogP contribution is 2.16. The standard InChI is InChI=1S/C11H19N3O2/c1-2-10(15)14-7-3-4-9(8-14)11(16)13-6-5-12/h2,9H,1,3-8,12H2,(H,13,16). The van der Waals surface area contributed by atoms with Crippen LogP contribution in [0.1, 0.15) is 12.8 Å². The molecule has 1 aliphatic rings. The molecule has 0 spiro atoms. The number of nitrogens with two attached hydrogens (primary N) is 1. The molecule has 0 saturated carbocycles. The van der Waals surface area contributed by atoms with Crippen molar-refractivity contribution in [2.75, 3.05) is 26.2 Å². The lowest BCUT2D eigenvalue weighted by atomic mass is 9.97. The Labute approximate surface area is 95.7 Å². The third-order valence-corrected chi connectivity index (χ3v) is 2.72. The first-order valence-corrected chi connectivity index (χ1v) is 5.58. The molecule has 1 rings (SSSR count). The molecule has 1 aliphatic heterocycles. The fourth-order valence-corrected chi connectivity index (χ4v) is 1.86. The lowest BCUT2D eigenvalue weighted by Crippen LogP contribution is -2.45. The molecule has 1 unspecified atom stereocenters. The third-order valence-electron chi connectivity index (χ3n) is 2.72. The molecule has 1 heterocycles. The quantitative estimate of drug-likeness (QED) is 0.632. The molecule has 16 heavy (non-hydrogen) atoms. The van der Waals surface area contributed by atoms with E-state index in [1.165, 1.54) is 6.08 Å². The van der Waals surface area contributed by atoms with E-state index in [2.05, 4.69) is 11.9 Å². The Bertz CT molecular complexity index is 278. The van der Waals surface area contributed by atoms with Gasteiger partial charge in [0.15, 0.2) is 0 Å². The molecule has 5 heteroatoms. The summed E-state index contributed by atoms with van der Waals surface area (Å²) in [6.07, 6.45) is 2.98. The van der Waals surface area contributed by atoms with Crippen LogP contribution in [0.5, 0.6) is 0 Å². The largest absolute Gasteiger partial charge is 0.355 e. The summed E-state index contributed by atoms with van der Waals surface area (Å²) in [6.45, 7) is 5.58. The maximum absolute atomic E-state index is 11.7. The Morgan fingerprint density at radius 3 is 2.94 bits per heavy atom. The van der Waals surface area contributed by atoms with Gasteiger partial charge in [0.1, 0.15) is 0 Å². The van der Waals surface area contributed by atoms with Crippen LogP contribution in [0, 0.1) is 5.92 Å². The normalized spacial score (nSPS) is 20.3. The van der Waals surface area contributed by atoms with Crippen LogP contribution >= 0.6 is 0 Å². The van der Waals surface area contributed by atoms with Gasteiger partial charge in [0, 0.05) is 26.2 Å². The van der Waals surface area contributed by atoms with Gasteiger partial charge >= 0.3 is 0 Å².